The van der Waals surface area contributed by atoms with Crippen molar-refractivity contribution < 1.29 is 5.11 Å². The Kier molecular flexibility index (Phi) is 3.80. The molecule has 0 radical (unpaired) electrons. The van der Waals surface area contributed by atoms with Crippen LogP contribution >= 0.6 is 23.8 Å². The zero-order valence-electron chi connectivity index (χ0n) is 10.3. The summed E-state index contributed by atoms with van der Waals surface area (Å²) in [6.45, 7) is 3.54. The first-order chi connectivity index (χ1) is 8.39. The molecule has 1 aliphatic heterocycles. The summed E-state index contributed by atoms with van der Waals surface area (Å²) in [4.78, 5) is 2.53. The molecule has 98 valence electrons. The van der Waals surface area contributed by atoms with E-state index in [0.29, 0.717) is 15.6 Å². The minimum atomic E-state index is -0.543. The van der Waals surface area contributed by atoms with Gasteiger partial charge in [0, 0.05) is 24.3 Å². The van der Waals surface area contributed by atoms with Gasteiger partial charge in [-0.2, -0.15) is 0 Å². The average Bonchev–Trinajstić information content (AvgIpc) is 2.28. The molecule has 18 heavy (non-hydrogen) atoms. The number of hydrogen-bond donors (Lipinski definition) is 2. The second kappa shape index (κ2) is 5.03. The summed E-state index contributed by atoms with van der Waals surface area (Å²) in [5.41, 5.74) is 6.80. The van der Waals surface area contributed by atoms with Crippen LogP contribution in [0.2, 0.25) is 5.02 Å². The number of piperidine rings is 1. The minimum absolute atomic E-state index is 0.313. The maximum atomic E-state index is 9.92. The molecular weight excluding hydrogens is 268 g/mol. The molecule has 3 N–H and O–H groups in total. The molecule has 2 rings (SSSR count). The van der Waals surface area contributed by atoms with E-state index in [1.807, 2.05) is 25.1 Å². The van der Waals surface area contributed by atoms with Gasteiger partial charge < -0.3 is 15.7 Å². The first kappa shape index (κ1) is 13.6. The fourth-order valence-electron chi connectivity index (χ4n) is 2.15. The Balaban J connectivity index is 2.16. The van der Waals surface area contributed by atoms with E-state index in [1.165, 1.54) is 0 Å². The molecule has 3 nitrogen and oxygen atoms in total. The maximum Gasteiger partial charge on any atom is 0.105 e. The zero-order chi connectivity index (χ0) is 13.3. The molecule has 1 aromatic rings. The Morgan fingerprint density at radius 1 is 1.44 bits per heavy atom. The Bertz CT molecular complexity index is 466. The number of thiocarbonyl (C=S) groups is 1. The standard InChI is InChI=1S/C13H17ClN2OS/c1-13(17)4-6-16(7-5-13)9-2-3-10(12(15)18)11(14)8-9/h2-3,8,17H,4-7H2,1H3,(H2,15,18). The molecule has 5 heteroatoms. The van der Waals surface area contributed by atoms with Crippen LogP contribution in [0.15, 0.2) is 18.2 Å². The van der Waals surface area contributed by atoms with Crippen molar-refractivity contribution in [3.8, 4) is 0 Å². The molecule has 1 heterocycles. The first-order valence-corrected chi connectivity index (χ1v) is 6.74. The quantitative estimate of drug-likeness (QED) is 0.819. The molecule has 0 aromatic heterocycles. The summed E-state index contributed by atoms with van der Waals surface area (Å²) in [6, 6.07) is 5.71. The molecule has 0 aliphatic carbocycles. The Labute approximate surface area is 118 Å². The highest BCUT2D eigenvalue weighted by molar-refractivity contribution is 7.80. The molecule has 1 saturated heterocycles. The third-order valence-corrected chi connectivity index (χ3v) is 3.96. The molecule has 1 fully saturated rings. The number of rotatable bonds is 2. The van der Waals surface area contributed by atoms with Gasteiger partial charge in [0.25, 0.3) is 0 Å². The van der Waals surface area contributed by atoms with Gasteiger partial charge >= 0.3 is 0 Å². The lowest BCUT2D eigenvalue weighted by molar-refractivity contribution is 0.0351. The monoisotopic (exact) mass is 284 g/mol. The number of nitrogens with zero attached hydrogens (tertiary/aromatic N) is 1. The van der Waals surface area contributed by atoms with E-state index in [9.17, 15) is 5.11 Å². The van der Waals surface area contributed by atoms with E-state index in [0.717, 1.165) is 31.6 Å². The molecule has 0 unspecified atom stereocenters. The molecule has 0 spiro atoms. The van der Waals surface area contributed by atoms with E-state index < -0.39 is 5.60 Å². The lowest BCUT2D eigenvalue weighted by atomic mass is 9.93. The highest BCUT2D eigenvalue weighted by Crippen LogP contribution is 2.28. The molecular formula is C13H17ClN2OS. The van der Waals surface area contributed by atoms with Crippen LogP contribution in [-0.2, 0) is 0 Å². The second-order valence-corrected chi connectivity index (χ2v) is 5.86. The molecule has 0 atom stereocenters. The Morgan fingerprint density at radius 3 is 2.56 bits per heavy atom. The second-order valence-electron chi connectivity index (χ2n) is 5.01. The predicted octanol–water partition coefficient (Wildman–Crippen LogP) is 2.33. The predicted molar refractivity (Wildman–Crippen MR) is 79.4 cm³/mol. The molecule has 0 amide bonds. The van der Waals surface area contributed by atoms with Crippen molar-refractivity contribution in [2.75, 3.05) is 18.0 Å². The van der Waals surface area contributed by atoms with Crippen molar-refractivity contribution in [2.24, 2.45) is 5.73 Å². The summed E-state index contributed by atoms with van der Waals surface area (Å²) >= 11 is 11.1. The highest BCUT2D eigenvalue weighted by Gasteiger charge is 2.27. The van der Waals surface area contributed by atoms with Crippen molar-refractivity contribution >= 4 is 34.5 Å². The van der Waals surface area contributed by atoms with Gasteiger partial charge in [0.1, 0.15) is 4.99 Å². The van der Waals surface area contributed by atoms with Crippen molar-refractivity contribution in [1.82, 2.24) is 0 Å². The fourth-order valence-corrected chi connectivity index (χ4v) is 2.66. The SMILES string of the molecule is CC1(O)CCN(c2ccc(C(N)=S)c(Cl)c2)CC1. The summed E-state index contributed by atoms with van der Waals surface area (Å²) < 4.78 is 0. The van der Waals surface area contributed by atoms with Gasteiger partial charge in [0.05, 0.1) is 10.6 Å². The zero-order valence-corrected chi connectivity index (χ0v) is 11.9. The van der Waals surface area contributed by atoms with Gasteiger partial charge in [0.2, 0.25) is 0 Å². The lowest BCUT2D eigenvalue weighted by Gasteiger charge is -2.37. The largest absolute Gasteiger partial charge is 0.390 e. The summed E-state index contributed by atoms with van der Waals surface area (Å²) in [5.74, 6) is 0. The van der Waals surface area contributed by atoms with Crippen molar-refractivity contribution in [3.63, 3.8) is 0 Å². The van der Waals surface area contributed by atoms with Crippen LogP contribution in [0, 0.1) is 0 Å². The molecule has 1 aromatic carbocycles. The Morgan fingerprint density at radius 2 is 2.06 bits per heavy atom. The Hall–Kier alpha value is -0.840. The number of anilines is 1. The van der Waals surface area contributed by atoms with E-state index in [1.54, 1.807) is 0 Å². The summed E-state index contributed by atoms with van der Waals surface area (Å²) in [5, 5.41) is 10.5. The van der Waals surface area contributed by atoms with E-state index in [2.05, 4.69) is 4.90 Å². The number of aliphatic hydroxyl groups is 1. The van der Waals surface area contributed by atoms with Gasteiger partial charge in [-0.25, -0.2) is 0 Å². The van der Waals surface area contributed by atoms with Crippen LogP contribution in [0.4, 0.5) is 5.69 Å². The normalized spacial score (nSPS) is 18.7. The minimum Gasteiger partial charge on any atom is -0.390 e. The van der Waals surface area contributed by atoms with Crippen LogP contribution in [0.3, 0.4) is 0 Å². The highest BCUT2D eigenvalue weighted by atomic mass is 35.5. The van der Waals surface area contributed by atoms with Crippen LogP contribution in [0.1, 0.15) is 25.3 Å². The number of nitrogens with two attached hydrogens (primary N) is 1. The third-order valence-electron chi connectivity index (χ3n) is 3.42. The van der Waals surface area contributed by atoms with Gasteiger partial charge in [-0.1, -0.05) is 23.8 Å². The van der Waals surface area contributed by atoms with Crippen LogP contribution in [0.25, 0.3) is 0 Å². The van der Waals surface area contributed by atoms with Crippen molar-refractivity contribution in [3.05, 3.63) is 28.8 Å². The van der Waals surface area contributed by atoms with Gasteiger partial charge in [0.15, 0.2) is 0 Å². The van der Waals surface area contributed by atoms with Gasteiger partial charge in [-0.3, -0.25) is 0 Å². The van der Waals surface area contributed by atoms with Crippen molar-refractivity contribution in [2.45, 2.75) is 25.4 Å². The van der Waals surface area contributed by atoms with Crippen LogP contribution < -0.4 is 10.6 Å². The lowest BCUT2D eigenvalue weighted by Crippen LogP contribution is -2.42. The average molecular weight is 285 g/mol. The van der Waals surface area contributed by atoms with Gasteiger partial charge in [-0.15, -0.1) is 0 Å². The van der Waals surface area contributed by atoms with E-state index in [-0.39, 0.29) is 0 Å². The van der Waals surface area contributed by atoms with E-state index >= 15 is 0 Å². The third kappa shape index (κ3) is 2.94. The number of benzene rings is 1. The first-order valence-electron chi connectivity index (χ1n) is 5.96. The topological polar surface area (TPSA) is 49.5 Å². The molecule has 0 saturated carbocycles. The van der Waals surface area contributed by atoms with Crippen molar-refractivity contribution in [1.29, 1.82) is 0 Å². The maximum absolute atomic E-state index is 9.92. The van der Waals surface area contributed by atoms with Crippen LogP contribution in [0.5, 0.6) is 0 Å². The van der Waals surface area contributed by atoms with Crippen LogP contribution in [-0.4, -0.2) is 28.8 Å². The summed E-state index contributed by atoms with van der Waals surface area (Å²) in [7, 11) is 0. The molecule has 1 aliphatic rings. The van der Waals surface area contributed by atoms with Gasteiger partial charge in [-0.05, 0) is 38.0 Å². The number of halogens is 1. The smallest absolute Gasteiger partial charge is 0.105 e. The summed E-state index contributed by atoms with van der Waals surface area (Å²) in [6.07, 6.45) is 1.53. The fraction of sp³-hybridized carbons (Fsp3) is 0.462. The van der Waals surface area contributed by atoms with E-state index in [4.69, 9.17) is 29.6 Å². The number of hydrogen-bond acceptors (Lipinski definition) is 3. The molecule has 0 bridgehead atoms.